The summed E-state index contributed by atoms with van der Waals surface area (Å²) in [5.74, 6) is 0.541. The second-order valence-corrected chi connectivity index (χ2v) is 4.59. The fraction of sp³-hybridized carbons (Fsp3) is 0.538. The molecule has 0 bridgehead atoms. The zero-order valence-electron chi connectivity index (χ0n) is 10.4. The van der Waals surface area contributed by atoms with Crippen molar-refractivity contribution < 1.29 is 4.79 Å². The molecule has 0 radical (unpaired) electrons. The first-order valence-electron chi connectivity index (χ1n) is 6.12. The summed E-state index contributed by atoms with van der Waals surface area (Å²) >= 11 is 0. The lowest BCUT2D eigenvalue weighted by atomic mass is 9.98. The molecule has 1 N–H and O–H groups in total. The van der Waals surface area contributed by atoms with Crippen molar-refractivity contribution in [1.82, 2.24) is 10.3 Å². The Bertz CT molecular complexity index is 380. The van der Waals surface area contributed by atoms with E-state index in [1.165, 1.54) is 0 Å². The lowest BCUT2D eigenvalue weighted by Gasteiger charge is -2.25. The monoisotopic (exact) mass is 233 g/mol. The smallest absolute Gasteiger partial charge is 0.244 e. The highest BCUT2D eigenvalue weighted by molar-refractivity contribution is 5.97. The van der Waals surface area contributed by atoms with Gasteiger partial charge in [0.25, 0.3) is 0 Å². The number of rotatable bonds is 2. The lowest BCUT2D eigenvalue weighted by molar-refractivity contribution is -0.121. The molecule has 0 spiro atoms. The molecular formula is C13H19N3O. The zero-order chi connectivity index (χ0) is 12.3. The number of carbonyl (C=O) groups is 1. The third kappa shape index (κ3) is 2.47. The molecule has 0 aromatic carbocycles. The van der Waals surface area contributed by atoms with Gasteiger partial charge in [0, 0.05) is 12.7 Å². The maximum Gasteiger partial charge on any atom is 0.244 e. The van der Waals surface area contributed by atoms with Crippen LogP contribution in [-0.2, 0) is 4.79 Å². The summed E-state index contributed by atoms with van der Waals surface area (Å²) in [5, 5.41) is 3.13. The van der Waals surface area contributed by atoms with Crippen molar-refractivity contribution >= 4 is 11.6 Å². The Kier molecular flexibility index (Phi) is 3.74. The van der Waals surface area contributed by atoms with Crippen LogP contribution in [0.4, 0.5) is 5.69 Å². The SMILES string of the molecule is CNC1C(=O)N(c2cccnc2)CCCC1C. The van der Waals surface area contributed by atoms with Crippen LogP contribution in [0.5, 0.6) is 0 Å². The van der Waals surface area contributed by atoms with Crippen molar-refractivity contribution in [2.45, 2.75) is 25.8 Å². The van der Waals surface area contributed by atoms with E-state index in [-0.39, 0.29) is 11.9 Å². The number of hydrogen-bond acceptors (Lipinski definition) is 3. The molecule has 1 aromatic heterocycles. The molecule has 2 heterocycles. The second-order valence-electron chi connectivity index (χ2n) is 4.59. The average molecular weight is 233 g/mol. The van der Waals surface area contributed by atoms with E-state index in [1.807, 2.05) is 24.1 Å². The maximum atomic E-state index is 12.4. The van der Waals surface area contributed by atoms with E-state index in [4.69, 9.17) is 0 Å². The number of nitrogens with zero attached hydrogens (tertiary/aromatic N) is 2. The van der Waals surface area contributed by atoms with Crippen molar-refractivity contribution in [3.8, 4) is 0 Å². The van der Waals surface area contributed by atoms with E-state index >= 15 is 0 Å². The predicted octanol–water partition coefficient (Wildman–Crippen LogP) is 1.43. The van der Waals surface area contributed by atoms with Crippen LogP contribution < -0.4 is 10.2 Å². The van der Waals surface area contributed by atoms with Crippen LogP contribution in [-0.4, -0.2) is 30.5 Å². The van der Waals surface area contributed by atoms with Gasteiger partial charge in [0.05, 0.1) is 17.9 Å². The first-order chi connectivity index (χ1) is 8.24. The highest BCUT2D eigenvalue weighted by Crippen LogP contribution is 2.22. The molecule has 0 aliphatic carbocycles. The lowest BCUT2D eigenvalue weighted by Crippen LogP contribution is -2.47. The fourth-order valence-corrected chi connectivity index (χ4v) is 2.44. The van der Waals surface area contributed by atoms with Gasteiger partial charge < -0.3 is 10.2 Å². The predicted molar refractivity (Wildman–Crippen MR) is 67.8 cm³/mol. The molecule has 17 heavy (non-hydrogen) atoms. The van der Waals surface area contributed by atoms with Crippen LogP contribution in [0.1, 0.15) is 19.8 Å². The first kappa shape index (κ1) is 12.0. The Morgan fingerprint density at radius 1 is 1.53 bits per heavy atom. The molecule has 2 atom stereocenters. The van der Waals surface area contributed by atoms with Crippen LogP contribution in [0.25, 0.3) is 0 Å². The Morgan fingerprint density at radius 3 is 3.00 bits per heavy atom. The Morgan fingerprint density at radius 2 is 2.35 bits per heavy atom. The number of amides is 1. The minimum absolute atomic E-state index is 0.0855. The minimum Gasteiger partial charge on any atom is -0.310 e. The van der Waals surface area contributed by atoms with Crippen molar-refractivity contribution in [3.05, 3.63) is 24.5 Å². The summed E-state index contributed by atoms with van der Waals surface area (Å²) in [6, 6.07) is 3.72. The summed E-state index contributed by atoms with van der Waals surface area (Å²) in [6.07, 6.45) is 5.60. The molecule has 2 rings (SSSR count). The van der Waals surface area contributed by atoms with Gasteiger partial charge in [-0.2, -0.15) is 0 Å². The van der Waals surface area contributed by atoms with E-state index in [1.54, 1.807) is 12.4 Å². The average Bonchev–Trinajstić information content (AvgIpc) is 2.49. The third-order valence-electron chi connectivity index (χ3n) is 3.41. The van der Waals surface area contributed by atoms with Gasteiger partial charge in [-0.25, -0.2) is 0 Å². The Labute approximate surface area is 102 Å². The van der Waals surface area contributed by atoms with Crippen LogP contribution in [0, 0.1) is 5.92 Å². The van der Waals surface area contributed by atoms with Gasteiger partial charge >= 0.3 is 0 Å². The van der Waals surface area contributed by atoms with Crippen LogP contribution in [0.2, 0.25) is 0 Å². The topological polar surface area (TPSA) is 45.2 Å². The summed E-state index contributed by atoms with van der Waals surface area (Å²) in [7, 11) is 1.85. The number of pyridine rings is 1. The number of likely N-dealkylation sites (N-methyl/N-ethyl adjacent to an activating group) is 1. The molecule has 1 amide bonds. The van der Waals surface area contributed by atoms with E-state index in [2.05, 4.69) is 17.2 Å². The second kappa shape index (κ2) is 5.27. The maximum absolute atomic E-state index is 12.4. The highest BCUT2D eigenvalue weighted by atomic mass is 16.2. The van der Waals surface area contributed by atoms with Gasteiger partial charge in [-0.1, -0.05) is 6.92 Å². The van der Waals surface area contributed by atoms with Gasteiger partial charge in [0.1, 0.15) is 0 Å². The van der Waals surface area contributed by atoms with Crippen LogP contribution in [0.3, 0.4) is 0 Å². The standard InChI is InChI=1S/C13H19N3O/c1-10-5-4-8-16(13(17)12(10)14-2)11-6-3-7-15-9-11/h3,6-7,9-10,12,14H,4-5,8H2,1-2H3. The van der Waals surface area contributed by atoms with Gasteiger partial charge in [-0.15, -0.1) is 0 Å². The van der Waals surface area contributed by atoms with E-state index in [0.29, 0.717) is 5.92 Å². The summed E-state index contributed by atoms with van der Waals surface area (Å²) in [6.45, 7) is 2.92. The molecule has 1 aromatic rings. The van der Waals surface area contributed by atoms with Crippen molar-refractivity contribution in [2.75, 3.05) is 18.5 Å². The van der Waals surface area contributed by atoms with Crippen LogP contribution >= 0.6 is 0 Å². The summed E-state index contributed by atoms with van der Waals surface area (Å²) in [4.78, 5) is 18.3. The molecule has 4 heteroatoms. The number of anilines is 1. The van der Waals surface area contributed by atoms with E-state index in [9.17, 15) is 4.79 Å². The van der Waals surface area contributed by atoms with Crippen molar-refractivity contribution in [3.63, 3.8) is 0 Å². The molecule has 1 fully saturated rings. The van der Waals surface area contributed by atoms with Gasteiger partial charge in [0.2, 0.25) is 5.91 Å². The van der Waals surface area contributed by atoms with E-state index in [0.717, 1.165) is 25.1 Å². The number of nitrogens with one attached hydrogen (secondary N) is 1. The first-order valence-corrected chi connectivity index (χ1v) is 6.12. The zero-order valence-corrected chi connectivity index (χ0v) is 10.4. The quantitative estimate of drug-likeness (QED) is 0.840. The van der Waals surface area contributed by atoms with Gasteiger partial charge in [0.15, 0.2) is 0 Å². The highest BCUT2D eigenvalue weighted by Gasteiger charge is 2.31. The van der Waals surface area contributed by atoms with Crippen molar-refractivity contribution in [1.29, 1.82) is 0 Å². The summed E-state index contributed by atoms with van der Waals surface area (Å²) < 4.78 is 0. The molecular weight excluding hydrogens is 214 g/mol. The number of carbonyl (C=O) groups excluding carboxylic acids is 1. The molecule has 1 aliphatic rings. The Balaban J connectivity index is 2.25. The van der Waals surface area contributed by atoms with Gasteiger partial charge in [-0.05, 0) is 37.9 Å². The van der Waals surface area contributed by atoms with Crippen molar-refractivity contribution in [2.24, 2.45) is 5.92 Å². The molecule has 92 valence electrons. The summed E-state index contributed by atoms with van der Waals surface area (Å²) in [5.41, 5.74) is 0.895. The number of hydrogen-bond donors (Lipinski definition) is 1. The van der Waals surface area contributed by atoms with Crippen LogP contribution in [0.15, 0.2) is 24.5 Å². The Hall–Kier alpha value is -1.42. The van der Waals surface area contributed by atoms with Gasteiger partial charge in [-0.3, -0.25) is 9.78 Å². The molecule has 4 nitrogen and oxygen atoms in total. The largest absolute Gasteiger partial charge is 0.310 e. The third-order valence-corrected chi connectivity index (χ3v) is 3.41. The van der Waals surface area contributed by atoms with E-state index < -0.39 is 0 Å². The molecule has 1 aliphatic heterocycles. The minimum atomic E-state index is -0.0855. The molecule has 2 unspecified atom stereocenters. The normalized spacial score (nSPS) is 25.8. The fourth-order valence-electron chi connectivity index (χ4n) is 2.44. The molecule has 0 saturated carbocycles. The molecule has 1 saturated heterocycles. The number of aromatic nitrogens is 1.